The van der Waals surface area contributed by atoms with Gasteiger partial charge in [0, 0.05) is 36.3 Å². The molecule has 1 aromatic carbocycles. The largest absolute Gasteiger partial charge is 0.492 e. The Bertz CT molecular complexity index is 607. The van der Waals surface area contributed by atoms with Crippen LogP contribution in [0.2, 0.25) is 0 Å². The quantitative estimate of drug-likeness (QED) is 0.896. The van der Waals surface area contributed by atoms with Gasteiger partial charge in [0.25, 0.3) is 0 Å². The first-order valence-corrected chi connectivity index (χ1v) is 6.92. The molecule has 0 unspecified atom stereocenters. The van der Waals surface area contributed by atoms with E-state index in [1.165, 1.54) is 11.3 Å². The van der Waals surface area contributed by atoms with E-state index in [0.29, 0.717) is 6.61 Å². The molecule has 0 aliphatic carbocycles. The van der Waals surface area contributed by atoms with Gasteiger partial charge in [0.15, 0.2) is 11.5 Å². The monoisotopic (exact) mass is 273 g/mol. The minimum Gasteiger partial charge on any atom is -0.492 e. The highest BCUT2D eigenvalue weighted by atomic mass is 16.5. The molecular formula is C15H19N3O2. The van der Waals surface area contributed by atoms with E-state index in [1.54, 1.807) is 7.11 Å². The van der Waals surface area contributed by atoms with Crippen LogP contribution in [0.1, 0.15) is 18.2 Å². The van der Waals surface area contributed by atoms with Gasteiger partial charge in [0.2, 0.25) is 0 Å². The number of ether oxygens (including phenoxy) is 2. The van der Waals surface area contributed by atoms with E-state index in [-0.39, 0.29) is 0 Å². The Balaban J connectivity index is 2.10. The summed E-state index contributed by atoms with van der Waals surface area (Å²) in [6.07, 6.45) is 0.982. The number of benzene rings is 1. The summed E-state index contributed by atoms with van der Waals surface area (Å²) >= 11 is 0. The van der Waals surface area contributed by atoms with Crippen molar-refractivity contribution in [2.24, 2.45) is 0 Å². The summed E-state index contributed by atoms with van der Waals surface area (Å²) < 4.78 is 11.2. The minimum absolute atomic E-state index is 0.611. The van der Waals surface area contributed by atoms with Gasteiger partial charge < -0.3 is 14.8 Å². The van der Waals surface area contributed by atoms with Crippen LogP contribution >= 0.6 is 0 Å². The number of hydrogen-bond donors (Lipinski definition) is 2. The average Bonchev–Trinajstić information content (AvgIpc) is 2.91. The molecule has 0 amide bonds. The molecule has 2 N–H and O–H groups in total. The molecule has 0 atom stereocenters. The number of methoxy groups -OCH3 is 1. The Labute approximate surface area is 118 Å². The number of H-pyrrole nitrogens is 1. The van der Waals surface area contributed by atoms with Gasteiger partial charge >= 0.3 is 0 Å². The van der Waals surface area contributed by atoms with Gasteiger partial charge in [-0.15, -0.1) is 0 Å². The number of aromatic nitrogens is 2. The molecule has 2 heterocycles. The summed E-state index contributed by atoms with van der Waals surface area (Å²) in [6.45, 7) is 4.40. The fourth-order valence-corrected chi connectivity index (χ4v) is 2.63. The summed E-state index contributed by atoms with van der Waals surface area (Å²) in [4.78, 5) is 0. The van der Waals surface area contributed by atoms with Crippen LogP contribution in [0.4, 0.5) is 0 Å². The van der Waals surface area contributed by atoms with Crippen molar-refractivity contribution in [3.63, 3.8) is 0 Å². The van der Waals surface area contributed by atoms with E-state index in [1.807, 2.05) is 25.1 Å². The SMILES string of the molecule is CCOc1cccc(-c2n[nH]c3c2CNCC3)c1OC. The maximum atomic E-state index is 5.63. The van der Waals surface area contributed by atoms with Crippen molar-refractivity contribution in [2.45, 2.75) is 19.9 Å². The third kappa shape index (κ3) is 2.14. The highest BCUT2D eigenvalue weighted by Crippen LogP contribution is 2.39. The smallest absolute Gasteiger partial charge is 0.170 e. The van der Waals surface area contributed by atoms with Crippen molar-refractivity contribution in [2.75, 3.05) is 20.3 Å². The van der Waals surface area contributed by atoms with E-state index in [4.69, 9.17) is 9.47 Å². The van der Waals surface area contributed by atoms with Gasteiger partial charge in [-0.25, -0.2) is 0 Å². The van der Waals surface area contributed by atoms with Crippen LogP contribution in [0.15, 0.2) is 18.2 Å². The molecule has 0 radical (unpaired) electrons. The molecule has 1 aliphatic heterocycles. The van der Waals surface area contributed by atoms with Crippen molar-refractivity contribution >= 4 is 0 Å². The van der Waals surface area contributed by atoms with E-state index in [0.717, 1.165) is 42.3 Å². The maximum absolute atomic E-state index is 5.63. The lowest BCUT2D eigenvalue weighted by molar-refractivity contribution is 0.311. The lowest BCUT2D eigenvalue weighted by Gasteiger charge is -2.16. The molecule has 1 aliphatic rings. The Morgan fingerprint density at radius 3 is 3.05 bits per heavy atom. The van der Waals surface area contributed by atoms with Gasteiger partial charge in [0.1, 0.15) is 5.69 Å². The summed E-state index contributed by atoms with van der Waals surface area (Å²) in [5, 5.41) is 11.0. The number of fused-ring (bicyclic) bond motifs is 1. The molecule has 5 nitrogen and oxygen atoms in total. The molecule has 0 saturated heterocycles. The predicted octanol–water partition coefficient (Wildman–Crippen LogP) is 2.13. The lowest BCUT2D eigenvalue weighted by Crippen LogP contribution is -2.23. The number of nitrogens with one attached hydrogen (secondary N) is 2. The third-order valence-electron chi connectivity index (χ3n) is 3.54. The average molecular weight is 273 g/mol. The molecule has 106 valence electrons. The van der Waals surface area contributed by atoms with Crippen molar-refractivity contribution in [1.29, 1.82) is 0 Å². The first-order valence-electron chi connectivity index (χ1n) is 6.92. The van der Waals surface area contributed by atoms with E-state index in [2.05, 4.69) is 15.5 Å². The first kappa shape index (κ1) is 13.0. The highest BCUT2D eigenvalue weighted by Gasteiger charge is 2.21. The van der Waals surface area contributed by atoms with Crippen LogP contribution in [0.5, 0.6) is 11.5 Å². The summed E-state index contributed by atoms with van der Waals surface area (Å²) in [5.74, 6) is 1.50. The highest BCUT2D eigenvalue weighted by molar-refractivity contribution is 5.74. The molecule has 20 heavy (non-hydrogen) atoms. The Kier molecular flexibility index (Phi) is 3.60. The van der Waals surface area contributed by atoms with Crippen LogP contribution in [-0.2, 0) is 13.0 Å². The van der Waals surface area contributed by atoms with Crippen LogP contribution in [0.3, 0.4) is 0 Å². The Morgan fingerprint density at radius 2 is 2.25 bits per heavy atom. The molecule has 3 rings (SSSR count). The standard InChI is InChI=1S/C15H19N3O2/c1-3-20-13-6-4-5-10(15(13)19-2)14-11-9-16-8-7-12(11)17-18-14/h4-6,16H,3,7-9H2,1-2H3,(H,17,18). The fraction of sp³-hybridized carbons (Fsp3) is 0.400. The van der Waals surface area contributed by atoms with Crippen LogP contribution in [0, 0.1) is 0 Å². The third-order valence-corrected chi connectivity index (χ3v) is 3.54. The van der Waals surface area contributed by atoms with Crippen molar-refractivity contribution in [3.8, 4) is 22.8 Å². The lowest BCUT2D eigenvalue weighted by atomic mass is 10.0. The van der Waals surface area contributed by atoms with Crippen LogP contribution in [0.25, 0.3) is 11.3 Å². The first-order chi connectivity index (χ1) is 9.85. The topological polar surface area (TPSA) is 59.2 Å². The predicted molar refractivity (Wildman–Crippen MR) is 77.2 cm³/mol. The van der Waals surface area contributed by atoms with E-state index >= 15 is 0 Å². The Morgan fingerprint density at radius 1 is 1.35 bits per heavy atom. The van der Waals surface area contributed by atoms with Gasteiger partial charge in [-0.3, -0.25) is 5.10 Å². The summed E-state index contributed by atoms with van der Waals surface area (Å²) in [6, 6.07) is 5.91. The van der Waals surface area contributed by atoms with Gasteiger partial charge in [-0.1, -0.05) is 6.07 Å². The number of aromatic amines is 1. The zero-order chi connectivity index (χ0) is 13.9. The number of nitrogens with zero attached hydrogens (tertiary/aromatic N) is 1. The van der Waals surface area contributed by atoms with Crippen LogP contribution < -0.4 is 14.8 Å². The molecule has 0 saturated carbocycles. The maximum Gasteiger partial charge on any atom is 0.170 e. The normalized spacial score (nSPS) is 13.9. The summed E-state index contributed by atoms with van der Waals surface area (Å²) in [5.41, 5.74) is 4.36. The fourth-order valence-electron chi connectivity index (χ4n) is 2.63. The molecule has 2 aromatic rings. The van der Waals surface area contributed by atoms with Gasteiger partial charge in [-0.05, 0) is 19.1 Å². The van der Waals surface area contributed by atoms with Crippen molar-refractivity contribution in [3.05, 3.63) is 29.5 Å². The number of hydrogen-bond acceptors (Lipinski definition) is 4. The Hall–Kier alpha value is -2.01. The molecule has 5 heteroatoms. The van der Waals surface area contributed by atoms with E-state index in [9.17, 15) is 0 Å². The van der Waals surface area contributed by atoms with Gasteiger partial charge in [-0.2, -0.15) is 5.10 Å². The molecule has 1 aromatic heterocycles. The van der Waals surface area contributed by atoms with E-state index < -0.39 is 0 Å². The zero-order valence-corrected chi connectivity index (χ0v) is 11.8. The second-order valence-corrected chi connectivity index (χ2v) is 4.73. The minimum atomic E-state index is 0.611. The molecule has 0 spiro atoms. The van der Waals surface area contributed by atoms with Gasteiger partial charge in [0.05, 0.1) is 13.7 Å². The second kappa shape index (κ2) is 5.54. The number of rotatable bonds is 4. The molecule has 0 fully saturated rings. The molecule has 0 bridgehead atoms. The molecular weight excluding hydrogens is 254 g/mol. The second-order valence-electron chi connectivity index (χ2n) is 4.73. The number of para-hydroxylation sites is 1. The van der Waals surface area contributed by atoms with Crippen LogP contribution in [-0.4, -0.2) is 30.5 Å². The summed E-state index contributed by atoms with van der Waals surface area (Å²) in [7, 11) is 1.67. The van der Waals surface area contributed by atoms with Crippen molar-refractivity contribution < 1.29 is 9.47 Å². The van der Waals surface area contributed by atoms with Crippen molar-refractivity contribution in [1.82, 2.24) is 15.5 Å². The zero-order valence-electron chi connectivity index (χ0n) is 11.8.